The van der Waals surface area contributed by atoms with Crippen LogP contribution in [0.1, 0.15) is 18.9 Å². The van der Waals surface area contributed by atoms with Crippen LogP contribution >= 0.6 is 0 Å². The molecule has 0 spiro atoms. The van der Waals surface area contributed by atoms with Gasteiger partial charge in [-0.2, -0.15) is 0 Å². The fourth-order valence-corrected chi connectivity index (χ4v) is 1.51. The fraction of sp³-hybridized carbons (Fsp3) is 0.231. The van der Waals surface area contributed by atoms with Gasteiger partial charge in [-0.05, 0) is 24.1 Å². The second kappa shape index (κ2) is 7.04. The standard InChI is InChI=1S/C13H13NO7/c1-2-10(13(17)18)21-11-5-3-8(4-6-12(15)16)7-9(11)14(19)20/h3-7,10H,2H2,1H3,(H,15,16)(H,17,18). The average molecular weight is 295 g/mol. The summed E-state index contributed by atoms with van der Waals surface area (Å²) in [6.07, 6.45) is 0.982. The highest BCUT2D eigenvalue weighted by atomic mass is 16.6. The van der Waals surface area contributed by atoms with E-state index in [0.717, 1.165) is 12.1 Å². The van der Waals surface area contributed by atoms with Gasteiger partial charge in [-0.25, -0.2) is 9.59 Å². The van der Waals surface area contributed by atoms with E-state index < -0.39 is 28.7 Å². The molecule has 1 aromatic rings. The molecule has 2 N–H and O–H groups in total. The predicted octanol–water partition coefficient (Wildman–Crippen LogP) is 1.93. The predicted molar refractivity (Wildman–Crippen MR) is 72.1 cm³/mol. The second-order valence-corrected chi connectivity index (χ2v) is 4.01. The Kier molecular flexibility index (Phi) is 5.41. The van der Waals surface area contributed by atoms with Crippen LogP contribution in [0.5, 0.6) is 5.75 Å². The zero-order chi connectivity index (χ0) is 16.0. The topological polar surface area (TPSA) is 127 Å². The molecule has 0 aliphatic heterocycles. The Morgan fingerprint density at radius 1 is 1.43 bits per heavy atom. The van der Waals surface area contributed by atoms with Crippen molar-refractivity contribution < 1.29 is 29.5 Å². The molecule has 8 heteroatoms. The van der Waals surface area contributed by atoms with Gasteiger partial charge in [0.15, 0.2) is 11.9 Å². The molecule has 0 heterocycles. The highest BCUT2D eigenvalue weighted by Crippen LogP contribution is 2.29. The number of rotatable bonds is 7. The lowest BCUT2D eigenvalue weighted by atomic mass is 10.1. The smallest absolute Gasteiger partial charge is 0.344 e. The van der Waals surface area contributed by atoms with Crippen molar-refractivity contribution in [1.82, 2.24) is 0 Å². The molecule has 0 bridgehead atoms. The SMILES string of the molecule is CCC(Oc1ccc(C=CC(=O)O)cc1[N+](=O)[O-])C(=O)O. The van der Waals surface area contributed by atoms with Crippen LogP contribution in [0.4, 0.5) is 5.69 Å². The highest BCUT2D eigenvalue weighted by molar-refractivity contribution is 5.85. The van der Waals surface area contributed by atoms with Gasteiger partial charge in [0, 0.05) is 12.1 Å². The van der Waals surface area contributed by atoms with Gasteiger partial charge in [0.2, 0.25) is 0 Å². The Morgan fingerprint density at radius 3 is 2.57 bits per heavy atom. The van der Waals surface area contributed by atoms with Crippen molar-refractivity contribution in [2.24, 2.45) is 0 Å². The largest absolute Gasteiger partial charge is 0.479 e. The minimum absolute atomic E-state index is 0.146. The number of benzene rings is 1. The van der Waals surface area contributed by atoms with E-state index >= 15 is 0 Å². The molecule has 1 atom stereocenters. The minimum atomic E-state index is -1.22. The molecule has 112 valence electrons. The van der Waals surface area contributed by atoms with E-state index in [-0.39, 0.29) is 12.2 Å². The van der Waals surface area contributed by atoms with Crippen LogP contribution in [0.15, 0.2) is 24.3 Å². The zero-order valence-electron chi connectivity index (χ0n) is 11.1. The minimum Gasteiger partial charge on any atom is -0.479 e. The molecule has 1 unspecified atom stereocenters. The molecule has 0 aromatic heterocycles. The number of aliphatic carboxylic acids is 2. The van der Waals surface area contributed by atoms with Crippen LogP contribution < -0.4 is 4.74 Å². The van der Waals surface area contributed by atoms with Crippen molar-refractivity contribution in [3.8, 4) is 5.75 Å². The van der Waals surface area contributed by atoms with Crippen LogP contribution in [0.2, 0.25) is 0 Å². The first kappa shape index (κ1) is 16.2. The number of carbonyl (C=O) groups is 2. The lowest BCUT2D eigenvalue weighted by molar-refractivity contribution is -0.386. The van der Waals surface area contributed by atoms with E-state index in [1.54, 1.807) is 6.92 Å². The van der Waals surface area contributed by atoms with E-state index in [9.17, 15) is 19.7 Å². The van der Waals surface area contributed by atoms with Gasteiger partial charge >= 0.3 is 17.6 Å². The van der Waals surface area contributed by atoms with Gasteiger partial charge in [0.25, 0.3) is 0 Å². The molecular formula is C13H13NO7. The summed E-state index contributed by atoms with van der Waals surface area (Å²) < 4.78 is 5.12. The average Bonchev–Trinajstić information content (AvgIpc) is 2.42. The number of nitro benzene ring substituents is 1. The van der Waals surface area contributed by atoms with Crippen molar-refractivity contribution >= 4 is 23.7 Å². The summed E-state index contributed by atoms with van der Waals surface area (Å²) >= 11 is 0. The molecule has 0 radical (unpaired) electrons. The quantitative estimate of drug-likeness (QED) is 0.447. The van der Waals surface area contributed by atoms with Gasteiger partial charge < -0.3 is 14.9 Å². The number of hydrogen-bond acceptors (Lipinski definition) is 5. The lowest BCUT2D eigenvalue weighted by Crippen LogP contribution is -2.26. The molecular weight excluding hydrogens is 282 g/mol. The molecule has 1 aromatic carbocycles. The summed E-state index contributed by atoms with van der Waals surface area (Å²) in [4.78, 5) is 31.6. The monoisotopic (exact) mass is 295 g/mol. The zero-order valence-corrected chi connectivity index (χ0v) is 11.1. The molecule has 0 aliphatic carbocycles. The molecule has 0 fully saturated rings. The van der Waals surface area contributed by atoms with E-state index in [2.05, 4.69) is 0 Å². The summed E-state index contributed by atoms with van der Waals surface area (Å²) in [5.41, 5.74) is -0.137. The Labute approximate surface area is 119 Å². The maximum Gasteiger partial charge on any atom is 0.344 e. The molecule has 0 amide bonds. The lowest BCUT2D eigenvalue weighted by Gasteiger charge is -2.13. The van der Waals surface area contributed by atoms with Crippen molar-refractivity contribution in [2.45, 2.75) is 19.4 Å². The number of ether oxygens (including phenoxy) is 1. The third-order valence-electron chi connectivity index (χ3n) is 2.51. The summed E-state index contributed by atoms with van der Waals surface area (Å²) in [6.45, 7) is 1.58. The maximum atomic E-state index is 11.0. The third kappa shape index (κ3) is 4.60. The van der Waals surface area contributed by atoms with Gasteiger partial charge in [0.1, 0.15) is 0 Å². The summed E-state index contributed by atoms with van der Waals surface area (Å²) in [7, 11) is 0. The maximum absolute atomic E-state index is 11.0. The molecule has 0 saturated heterocycles. The second-order valence-electron chi connectivity index (χ2n) is 4.01. The first-order valence-electron chi connectivity index (χ1n) is 5.94. The van der Waals surface area contributed by atoms with Crippen LogP contribution in [-0.2, 0) is 9.59 Å². The highest BCUT2D eigenvalue weighted by Gasteiger charge is 2.22. The van der Waals surface area contributed by atoms with E-state index in [1.807, 2.05) is 0 Å². The Balaban J connectivity index is 3.13. The summed E-state index contributed by atoms with van der Waals surface area (Å²) in [6, 6.07) is 3.75. The number of carboxylic acids is 2. The van der Waals surface area contributed by atoms with Gasteiger partial charge in [-0.15, -0.1) is 0 Å². The van der Waals surface area contributed by atoms with E-state index in [4.69, 9.17) is 14.9 Å². The normalized spacial score (nSPS) is 12.0. The Bertz CT molecular complexity index is 594. The van der Waals surface area contributed by atoms with E-state index in [0.29, 0.717) is 5.56 Å². The van der Waals surface area contributed by atoms with Crippen molar-refractivity contribution in [2.75, 3.05) is 0 Å². The summed E-state index contributed by atoms with van der Waals surface area (Å²) in [5, 5.41) is 28.4. The molecule has 1 rings (SSSR count). The first-order chi connectivity index (χ1) is 9.85. The molecule has 8 nitrogen and oxygen atoms in total. The fourth-order valence-electron chi connectivity index (χ4n) is 1.51. The first-order valence-corrected chi connectivity index (χ1v) is 5.94. The van der Waals surface area contributed by atoms with Crippen LogP contribution in [0.3, 0.4) is 0 Å². The number of hydrogen-bond donors (Lipinski definition) is 2. The van der Waals surface area contributed by atoms with Crippen molar-refractivity contribution in [3.05, 3.63) is 40.0 Å². The molecule has 0 saturated carbocycles. The van der Waals surface area contributed by atoms with Crippen molar-refractivity contribution in [3.63, 3.8) is 0 Å². The Morgan fingerprint density at radius 2 is 2.10 bits per heavy atom. The van der Waals surface area contributed by atoms with Gasteiger partial charge in [-0.3, -0.25) is 10.1 Å². The van der Waals surface area contributed by atoms with Gasteiger partial charge in [-0.1, -0.05) is 13.0 Å². The Hall–Kier alpha value is -2.90. The van der Waals surface area contributed by atoms with Crippen LogP contribution in [0, 0.1) is 10.1 Å². The number of carboxylic acid groups (broad SMARTS) is 2. The van der Waals surface area contributed by atoms with Crippen LogP contribution in [0.25, 0.3) is 6.08 Å². The van der Waals surface area contributed by atoms with Gasteiger partial charge in [0.05, 0.1) is 4.92 Å². The molecule has 21 heavy (non-hydrogen) atoms. The molecule has 0 aliphatic rings. The third-order valence-corrected chi connectivity index (χ3v) is 2.51. The van der Waals surface area contributed by atoms with Crippen LogP contribution in [-0.4, -0.2) is 33.2 Å². The van der Waals surface area contributed by atoms with E-state index in [1.165, 1.54) is 18.2 Å². The van der Waals surface area contributed by atoms with Crippen molar-refractivity contribution in [1.29, 1.82) is 0 Å². The summed E-state index contributed by atoms with van der Waals surface area (Å²) in [5.74, 6) is -2.58. The number of nitrogens with zero attached hydrogens (tertiary/aromatic N) is 1. The number of nitro groups is 1.